The van der Waals surface area contributed by atoms with E-state index in [2.05, 4.69) is 0 Å². The fraction of sp³-hybridized carbons (Fsp3) is 0.833. The molecule has 0 saturated heterocycles. The van der Waals surface area contributed by atoms with Crippen molar-refractivity contribution in [2.45, 2.75) is 12.8 Å². The van der Waals surface area contributed by atoms with Gasteiger partial charge in [0.1, 0.15) is 0 Å². The van der Waals surface area contributed by atoms with Crippen LogP contribution in [0.1, 0.15) is 12.8 Å². The maximum Gasteiger partial charge on any atom is 0.304 e. The van der Waals surface area contributed by atoms with E-state index in [4.69, 9.17) is 10.2 Å². The first-order valence-electron chi connectivity index (χ1n) is 3.17. The summed E-state index contributed by atoms with van der Waals surface area (Å²) in [4.78, 5) is 9.97. The van der Waals surface area contributed by atoms with Crippen LogP contribution in [0.4, 0.5) is 0 Å². The van der Waals surface area contributed by atoms with Gasteiger partial charge in [-0.3, -0.25) is 4.79 Å². The van der Waals surface area contributed by atoms with E-state index in [1.165, 1.54) is 0 Å². The van der Waals surface area contributed by atoms with Crippen molar-refractivity contribution in [2.24, 2.45) is 0 Å². The first kappa shape index (κ1) is 9.78. The fourth-order valence-electron chi connectivity index (χ4n) is 0.428. The van der Waals surface area contributed by atoms with Crippen LogP contribution in [0.2, 0.25) is 0 Å². The number of thioether (sulfide) groups is 1. The molecule has 0 rings (SSSR count). The van der Waals surface area contributed by atoms with Gasteiger partial charge in [-0.1, -0.05) is 0 Å². The predicted molar refractivity (Wildman–Crippen MR) is 41.3 cm³/mol. The Morgan fingerprint density at radius 2 is 2.10 bits per heavy atom. The molecule has 60 valence electrons. The van der Waals surface area contributed by atoms with Crippen molar-refractivity contribution in [2.75, 3.05) is 18.1 Å². The lowest BCUT2D eigenvalue weighted by Crippen LogP contribution is -1.97. The molecule has 0 aromatic rings. The van der Waals surface area contributed by atoms with Gasteiger partial charge in [-0.05, 0) is 12.2 Å². The highest BCUT2D eigenvalue weighted by Gasteiger charge is 1.95. The van der Waals surface area contributed by atoms with Crippen LogP contribution < -0.4 is 0 Å². The highest BCUT2D eigenvalue weighted by Crippen LogP contribution is 2.03. The van der Waals surface area contributed by atoms with E-state index in [1.807, 2.05) is 0 Å². The largest absolute Gasteiger partial charge is 0.481 e. The highest BCUT2D eigenvalue weighted by atomic mass is 32.2. The Hall–Kier alpha value is -0.220. The average Bonchev–Trinajstić information content (AvgIpc) is 1.87. The molecule has 0 heterocycles. The standard InChI is InChI=1S/C6H12O3S/c7-3-1-4-10-5-2-6(8)9/h7H,1-5H2,(H,8,9). The van der Waals surface area contributed by atoms with Crippen LogP contribution in [0.25, 0.3) is 0 Å². The van der Waals surface area contributed by atoms with Crippen molar-refractivity contribution in [1.29, 1.82) is 0 Å². The van der Waals surface area contributed by atoms with Gasteiger partial charge in [0.2, 0.25) is 0 Å². The Bertz CT molecular complexity index is 95.0. The minimum Gasteiger partial charge on any atom is -0.481 e. The molecule has 0 aliphatic heterocycles. The van der Waals surface area contributed by atoms with Crippen molar-refractivity contribution in [3.05, 3.63) is 0 Å². The lowest BCUT2D eigenvalue weighted by Gasteiger charge is -1.95. The van der Waals surface area contributed by atoms with Crippen LogP contribution in [0.3, 0.4) is 0 Å². The van der Waals surface area contributed by atoms with Crippen molar-refractivity contribution in [3.63, 3.8) is 0 Å². The summed E-state index contributed by atoms with van der Waals surface area (Å²) in [6, 6.07) is 0. The number of hydrogen-bond donors (Lipinski definition) is 2. The number of hydrogen-bond acceptors (Lipinski definition) is 3. The molecule has 0 spiro atoms. The number of rotatable bonds is 6. The molecule has 0 fully saturated rings. The lowest BCUT2D eigenvalue weighted by molar-refractivity contribution is -0.136. The molecule has 0 aromatic carbocycles. The van der Waals surface area contributed by atoms with Gasteiger partial charge in [-0.15, -0.1) is 0 Å². The van der Waals surface area contributed by atoms with Gasteiger partial charge in [0, 0.05) is 12.4 Å². The minimum absolute atomic E-state index is 0.195. The quantitative estimate of drug-likeness (QED) is 0.564. The van der Waals surface area contributed by atoms with Gasteiger partial charge >= 0.3 is 5.97 Å². The Morgan fingerprint density at radius 1 is 1.40 bits per heavy atom. The van der Waals surface area contributed by atoms with Crippen LogP contribution >= 0.6 is 11.8 Å². The second-order valence-electron chi connectivity index (χ2n) is 1.83. The summed E-state index contributed by atoms with van der Waals surface area (Å²) >= 11 is 1.57. The van der Waals surface area contributed by atoms with Gasteiger partial charge in [0.25, 0.3) is 0 Å². The number of carboxylic acids is 1. The molecular formula is C6H12O3S. The van der Waals surface area contributed by atoms with Gasteiger partial charge in [0.15, 0.2) is 0 Å². The molecule has 0 aromatic heterocycles. The smallest absolute Gasteiger partial charge is 0.304 e. The average molecular weight is 164 g/mol. The molecule has 10 heavy (non-hydrogen) atoms. The molecule has 0 bridgehead atoms. The zero-order chi connectivity index (χ0) is 7.82. The van der Waals surface area contributed by atoms with E-state index < -0.39 is 5.97 Å². The molecule has 0 radical (unpaired) electrons. The summed E-state index contributed by atoms with van der Waals surface area (Å²) in [5.41, 5.74) is 0. The number of carboxylic acid groups (broad SMARTS) is 1. The molecule has 2 N–H and O–H groups in total. The number of aliphatic hydroxyl groups is 1. The van der Waals surface area contributed by atoms with Gasteiger partial charge < -0.3 is 10.2 Å². The summed E-state index contributed by atoms with van der Waals surface area (Å²) < 4.78 is 0. The Labute approximate surface area is 64.4 Å². The third-order valence-corrected chi connectivity index (χ3v) is 1.98. The normalized spacial score (nSPS) is 9.70. The van der Waals surface area contributed by atoms with E-state index >= 15 is 0 Å². The third kappa shape index (κ3) is 7.78. The molecule has 0 unspecified atom stereocenters. The van der Waals surface area contributed by atoms with Crippen LogP contribution in [0.15, 0.2) is 0 Å². The summed E-state index contributed by atoms with van der Waals surface area (Å²) in [5.74, 6) is 0.746. The van der Waals surface area contributed by atoms with E-state index in [9.17, 15) is 4.79 Å². The minimum atomic E-state index is -0.753. The summed E-state index contributed by atoms with van der Waals surface area (Å²) in [6.45, 7) is 0.195. The Kier molecular flexibility index (Phi) is 6.74. The van der Waals surface area contributed by atoms with Crippen LogP contribution in [-0.2, 0) is 4.79 Å². The monoisotopic (exact) mass is 164 g/mol. The second kappa shape index (κ2) is 6.89. The first-order valence-corrected chi connectivity index (χ1v) is 4.33. The van der Waals surface area contributed by atoms with Crippen molar-refractivity contribution < 1.29 is 15.0 Å². The summed E-state index contributed by atoms with van der Waals surface area (Å²) in [6.07, 6.45) is 0.973. The van der Waals surface area contributed by atoms with Crippen molar-refractivity contribution >= 4 is 17.7 Å². The van der Waals surface area contributed by atoms with Gasteiger partial charge in [0.05, 0.1) is 6.42 Å². The number of aliphatic carboxylic acids is 1. The third-order valence-electron chi connectivity index (χ3n) is 0.907. The maximum absolute atomic E-state index is 9.97. The Morgan fingerprint density at radius 3 is 2.60 bits per heavy atom. The summed E-state index contributed by atoms with van der Waals surface area (Å²) in [7, 11) is 0. The molecule has 0 saturated carbocycles. The highest BCUT2D eigenvalue weighted by molar-refractivity contribution is 7.99. The van der Waals surface area contributed by atoms with E-state index in [0.29, 0.717) is 5.75 Å². The SMILES string of the molecule is O=C(O)CCSCCCO. The van der Waals surface area contributed by atoms with Crippen molar-refractivity contribution in [3.8, 4) is 0 Å². The van der Waals surface area contributed by atoms with E-state index in [0.717, 1.165) is 12.2 Å². The predicted octanol–water partition coefficient (Wildman–Crippen LogP) is 0.577. The Balaban J connectivity index is 2.84. The second-order valence-corrected chi connectivity index (χ2v) is 3.06. The van der Waals surface area contributed by atoms with Crippen LogP contribution in [-0.4, -0.2) is 34.3 Å². The molecule has 0 aliphatic rings. The lowest BCUT2D eigenvalue weighted by atomic mass is 10.5. The first-order chi connectivity index (χ1) is 4.77. The van der Waals surface area contributed by atoms with Crippen LogP contribution in [0, 0.1) is 0 Å². The van der Waals surface area contributed by atoms with Gasteiger partial charge in [-0.2, -0.15) is 11.8 Å². The molecule has 3 nitrogen and oxygen atoms in total. The van der Waals surface area contributed by atoms with Crippen LogP contribution in [0.5, 0.6) is 0 Å². The van der Waals surface area contributed by atoms with E-state index in [1.54, 1.807) is 11.8 Å². The van der Waals surface area contributed by atoms with E-state index in [-0.39, 0.29) is 13.0 Å². The molecule has 0 atom stereocenters. The molecular weight excluding hydrogens is 152 g/mol. The zero-order valence-corrected chi connectivity index (χ0v) is 6.56. The maximum atomic E-state index is 9.97. The van der Waals surface area contributed by atoms with Gasteiger partial charge in [-0.25, -0.2) is 0 Å². The fourth-order valence-corrected chi connectivity index (χ4v) is 1.28. The zero-order valence-electron chi connectivity index (χ0n) is 5.75. The molecule has 4 heteroatoms. The number of aliphatic hydroxyl groups excluding tert-OH is 1. The molecule has 0 aliphatic carbocycles. The number of carbonyl (C=O) groups is 1. The van der Waals surface area contributed by atoms with Crippen molar-refractivity contribution in [1.82, 2.24) is 0 Å². The summed E-state index contributed by atoms with van der Waals surface area (Å²) in [5, 5.41) is 16.6. The topological polar surface area (TPSA) is 57.5 Å². The molecule has 0 amide bonds.